The Kier molecular flexibility index (Phi) is 20.7. The number of hydroxylamine groups is 2. The van der Waals surface area contributed by atoms with Crippen LogP contribution in [0.2, 0.25) is 5.15 Å². The summed E-state index contributed by atoms with van der Waals surface area (Å²) in [4.78, 5) is 52.7. The Morgan fingerprint density at radius 1 is 0.754 bits per heavy atom. The monoisotopic (exact) mass is 892 g/mol. The van der Waals surface area contributed by atoms with Crippen LogP contribution in [0, 0.1) is 47.3 Å². The Morgan fingerprint density at radius 3 is 1.56 bits per heavy atom. The Balaban J connectivity index is 0.000000369. The van der Waals surface area contributed by atoms with Crippen molar-refractivity contribution in [2.45, 2.75) is 65.7 Å². The molecule has 0 spiro atoms. The normalized spacial score (nSPS) is 10.8. The van der Waals surface area contributed by atoms with Crippen molar-refractivity contribution in [3.8, 4) is 12.1 Å². The van der Waals surface area contributed by atoms with Crippen LogP contribution in [0.4, 0.5) is 28.8 Å². The second-order valence-electron chi connectivity index (χ2n) is 15.8. The number of hydrogen-bond donors (Lipinski definition) is 5. The molecule has 2 aromatic heterocycles. The van der Waals surface area contributed by atoms with E-state index in [0.717, 1.165) is 24.2 Å². The molecule has 5 N–H and O–H groups in total. The van der Waals surface area contributed by atoms with E-state index in [1.54, 1.807) is 30.3 Å². The largest absolute Gasteiger partial charge is 0.358 e. The molecule has 0 aliphatic rings. The fourth-order valence-electron chi connectivity index (χ4n) is 5.36. The van der Waals surface area contributed by atoms with Gasteiger partial charge in [-0.25, -0.2) is 30.9 Å². The summed E-state index contributed by atoms with van der Waals surface area (Å²) in [6, 6.07) is 14.5. The van der Waals surface area contributed by atoms with Gasteiger partial charge in [-0.3, -0.25) is 19.3 Å². The lowest BCUT2D eigenvalue weighted by molar-refractivity contribution is 0.0533. The Bertz CT molecular complexity index is 2220. The number of thioether (sulfide) groups is 2. The molecule has 2 amide bonds. The van der Waals surface area contributed by atoms with Crippen molar-refractivity contribution in [3.05, 3.63) is 74.9 Å². The van der Waals surface area contributed by atoms with Crippen molar-refractivity contribution in [1.29, 1.82) is 10.5 Å². The van der Waals surface area contributed by atoms with Crippen molar-refractivity contribution in [2.75, 3.05) is 69.4 Å². The van der Waals surface area contributed by atoms with Crippen LogP contribution >= 0.6 is 35.1 Å². The van der Waals surface area contributed by atoms with Crippen molar-refractivity contribution in [2.24, 2.45) is 10.8 Å². The molecule has 0 radical (unpaired) electrons. The summed E-state index contributed by atoms with van der Waals surface area (Å²) in [5, 5.41) is 29.6. The predicted molar refractivity (Wildman–Crippen MR) is 246 cm³/mol. The van der Waals surface area contributed by atoms with Crippen molar-refractivity contribution >= 4 is 75.8 Å². The molecule has 0 saturated carbocycles. The zero-order valence-electron chi connectivity index (χ0n) is 37.3. The standard InChI is InChI=1S/C21H28N6O2S.C15H14ClN5O2S.C6H15N/c1-13-8-9-14(19(28)26-29-6)10-16(13)23-17-15(11-22)18(25-20(24-17)30-7)27(5)12-21(2,3)4;1-8-4-5-9(14(22)21-23-2)6-11(8)18-13-10(7-17)12(16)19-15(20-13)24-3;1-6(2,3)5-7-4/h8-10H,12H2,1-7H3,(H,26,28)(H,23,24,25);4-6H,1-3H3,(H,21,22)(H,18,19,20);7H,5H2,1-4H3. The summed E-state index contributed by atoms with van der Waals surface area (Å²) >= 11 is 8.75. The van der Waals surface area contributed by atoms with Gasteiger partial charge in [-0.1, -0.05) is 88.8 Å². The van der Waals surface area contributed by atoms with Gasteiger partial charge >= 0.3 is 0 Å². The molecule has 0 aliphatic heterocycles. The molecule has 16 nitrogen and oxygen atoms in total. The maximum absolute atomic E-state index is 12.1. The minimum Gasteiger partial charge on any atom is -0.358 e. The molecule has 4 aromatic rings. The number of aryl methyl sites for hydroxylation is 2. The molecule has 61 heavy (non-hydrogen) atoms. The second kappa shape index (κ2) is 24.3. The number of carbonyl (C=O) groups is 2. The highest BCUT2D eigenvalue weighted by molar-refractivity contribution is 7.98. The lowest BCUT2D eigenvalue weighted by atomic mass is 9.96. The third-order valence-corrected chi connectivity index (χ3v) is 9.35. The van der Waals surface area contributed by atoms with Crippen LogP contribution in [0.3, 0.4) is 0 Å². The van der Waals surface area contributed by atoms with E-state index in [4.69, 9.17) is 16.4 Å². The molecule has 4 rings (SSSR count). The van der Waals surface area contributed by atoms with Gasteiger partial charge in [0.2, 0.25) is 0 Å². The van der Waals surface area contributed by atoms with Crippen LogP contribution in [-0.4, -0.2) is 85.7 Å². The number of nitrogens with zero attached hydrogens (tertiary/aromatic N) is 7. The highest BCUT2D eigenvalue weighted by atomic mass is 35.5. The third kappa shape index (κ3) is 16.6. The zero-order valence-corrected chi connectivity index (χ0v) is 39.7. The van der Waals surface area contributed by atoms with Crippen LogP contribution in [0.1, 0.15) is 84.5 Å². The maximum atomic E-state index is 12.1. The lowest BCUT2D eigenvalue weighted by Crippen LogP contribution is -2.30. The Morgan fingerprint density at radius 2 is 1.20 bits per heavy atom. The van der Waals surface area contributed by atoms with E-state index in [-0.39, 0.29) is 33.8 Å². The number of nitrogens with one attached hydrogen (secondary N) is 5. The van der Waals surface area contributed by atoms with Gasteiger partial charge in [0.05, 0.1) is 14.2 Å². The molecule has 0 bridgehead atoms. The number of nitriles is 2. The van der Waals surface area contributed by atoms with E-state index in [9.17, 15) is 20.1 Å². The quantitative estimate of drug-likeness (QED) is 0.0370. The average molecular weight is 894 g/mol. The van der Waals surface area contributed by atoms with Gasteiger partial charge in [0, 0.05) is 36.1 Å². The minimum absolute atomic E-state index is 0.0270. The van der Waals surface area contributed by atoms with Gasteiger partial charge in [-0.15, -0.1) is 0 Å². The first-order valence-corrected chi connectivity index (χ1v) is 21.6. The highest BCUT2D eigenvalue weighted by Crippen LogP contribution is 2.32. The molecule has 328 valence electrons. The smallest absolute Gasteiger partial charge is 0.274 e. The molecule has 2 heterocycles. The number of aromatic nitrogens is 4. The highest BCUT2D eigenvalue weighted by Gasteiger charge is 2.22. The Hall–Kier alpha value is -5.21. The SMILES string of the molecule is CNCC(C)(C)C.CONC(=O)c1ccc(C)c(Nc2nc(SC)nc(Cl)c2C#N)c1.CONC(=O)c1ccc(C)c(Nc2nc(SC)nc(N(C)CC(C)(C)C)c2C#N)c1. The van der Waals surface area contributed by atoms with E-state index in [2.05, 4.69) is 99.3 Å². The number of rotatable bonds is 13. The van der Waals surface area contributed by atoms with Crippen LogP contribution in [0.15, 0.2) is 46.7 Å². The van der Waals surface area contributed by atoms with Gasteiger partial charge in [-0.2, -0.15) is 10.5 Å². The molecule has 2 aromatic carbocycles. The first-order chi connectivity index (χ1) is 28.6. The van der Waals surface area contributed by atoms with Gasteiger partial charge < -0.3 is 20.9 Å². The van der Waals surface area contributed by atoms with Crippen LogP contribution in [-0.2, 0) is 9.68 Å². The molecular weight excluding hydrogens is 836 g/mol. The summed E-state index contributed by atoms with van der Waals surface area (Å²) < 4.78 is 0. The van der Waals surface area contributed by atoms with E-state index in [0.29, 0.717) is 55.4 Å². The van der Waals surface area contributed by atoms with Gasteiger partial charge in [0.25, 0.3) is 11.8 Å². The fourth-order valence-corrected chi connectivity index (χ4v) is 6.34. The summed E-state index contributed by atoms with van der Waals surface area (Å²) in [6.07, 6.45) is 3.70. The third-order valence-electron chi connectivity index (χ3n) is 7.98. The molecule has 0 unspecified atom stereocenters. The van der Waals surface area contributed by atoms with E-state index in [1.165, 1.54) is 37.7 Å². The first-order valence-electron chi connectivity index (χ1n) is 18.8. The molecule has 0 aliphatic carbocycles. The van der Waals surface area contributed by atoms with E-state index >= 15 is 0 Å². The fraction of sp³-hybridized carbons (Fsp3) is 0.429. The van der Waals surface area contributed by atoms with Crippen molar-refractivity contribution < 1.29 is 19.3 Å². The van der Waals surface area contributed by atoms with Gasteiger partial charge in [-0.05, 0) is 86.2 Å². The second-order valence-corrected chi connectivity index (χ2v) is 17.7. The van der Waals surface area contributed by atoms with Crippen LogP contribution in [0.5, 0.6) is 0 Å². The predicted octanol–water partition coefficient (Wildman–Crippen LogP) is 8.21. The summed E-state index contributed by atoms with van der Waals surface area (Å²) in [5.74, 6) is 0.514. The Labute approximate surface area is 373 Å². The topological polar surface area (TPSA) is 215 Å². The molecule has 19 heteroatoms. The number of amides is 2. The number of carbonyl (C=O) groups excluding carboxylic acids is 2. The molecular formula is C42H57ClN12O4S2. The van der Waals surface area contributed by atoms with Crippen LogP contribution in [0.25, 0.3) is 0 Å². The first kappa shape index (κ1) is 51.9. The number of halogens is 1. The molecule has 0 fully saturated rings. The van der Waals surface area contributed by atoms with E-state index in [1.807, 2.05) is 57.5 Å². The van der Waals surface area contributed by atoms with E-state index < -0.39 is 0 Å². The number of anilines is 5. The average Bonchev–Trinajstić information content (AvgIpc) is 3.18. The van der Waals surface area contributed by atoms with Crippen molar-refractivity contribution in [3.63, 3.8) is 0 Å². The summed E-state index contributed by atoms with van der Waals surface area (Å²) in [6.45, 7) is 18.6. The number of benzene rings is 2. The zero-order chi connectivity index (χ0) is 46.1. The van der Waals surface area contributed by atoms with Gasteiger partial charge in [0.15, 0.2) is 32.9 Å². The lowest BCUT2D eigenvalue weighted by Gasteiger charge is -2.28. The molecule has 0 saturated heterocycles. The van der Waals surface area contributed by atoms with Gasteiger partial charge in [0.1, 0.15) is 23.3 Å². The maximum Gasteiger partial charge on any atom is 0.274 e. The summed E-state index contributed by atoms with van der Waals surface area (Å²) in [7, 11) is 6.64. The molecule has 0 atom stereocenters. The number of hydrogen-bond acceptors (Lipinski definition) is 16. The minimum atomic E-state index is -0.383. The summed E-state index contributed by atoms with van der Waals surface area (Å²) in [5.41, 5.74) is 9.40. The van der Waals surface area contributed by atoms with Crippen LogP contribution < -0.4 is 31.8 Å². The van der Waals surface area contributed by atoms with Crippen molar-refractivity contribution in [1.82, 2.24) is 36.2 Å².